The molecule has 3 N–H and O–H groups in total. The normalized spacial score (nSPS) is 21.1. The first-order valence-electron chi connectivity index (χ1n) is 16.2. The number of anilines is 5. The molecule has 5 heterocycles. The van der Waals surface area contributed by atoms with Crippen LogP contribution in [0.25, 0.3) is 10.9 Å². The number of piperidine rings is 2. The summed E-state index contributed by atoms with van der Waals surface area (Å²) in [5, 5.41) is 15.5. The maximum Gasteiger partial charge on any atom is 0.235 e. The van der Waals surface area contributed by atoms with E-state index in [2.05, 4.69) is 43.9 Å². The van der Waals surface area contributed by atoms with Crippen LogP contribution in [0.2, 0.25) is 5.02 Å². The van der Waals surface area contributed by atoms with Crippen LogP contribution in [0.5, 0.6) is 0 Å². The first-order chi connectivity index (χ1) is 23.2. The average Bonchev–Trinajstić information content (AvgIpc) is 3.56. The summed E-state index contributed by atoms with van der Waals surface area (Å²) in [6.45, 7) is 4.73. The van der Waals surface area contributed by atoms with Gasteiger partial charge in [-0.3, -0.25) is 24.4 Å². The lowest BCUT2D eigenvalue weighted by atomic mass is 9.92. The summed E-state index contributed by atoms with van der Waals surface area (Å²) in [7, 11) is 3.50. The number of fused-ring (bicyclic) bond motifs is 2. The number of hydrogen-bond donors (Lipinski definition) is 3. The molecule has 4 aromatic rings. The lowest BCUT2D eigenvalue weighted by Crippen LogP contribution is -2.46. The molecule has 7 rings (SSSR count). The number of benzene rings is 2. The van der Waals surface area contributed by atoms with Crippen LogP contribution in [0.4, 0.5) is 28.8 Å². The third-order valence-corrected chi connectivity index (χ3v) is 9.79. The van der Waals surface area contributed by atoms with Gasteiger partial charge in [0.15, 0.2) is 5.82 Å². The Labute approximate surface area is 283 Å². The fraction of sp³-hybridized carbons (Fsp3) is 0.412. The molecule has 0 saturated carbocycles. The van der Waals surface area contributed by atoms with Crippen molar-refractivity contribution in [3.05, 3.63) is 58.9 Å². The molecule has 0 unspecified atom stereocenters. The number of methoxy groups -OCH3 is 1. The summed E-state index contributed by atoms with van der Waals surface area (Å²) in [5.74, 6) is 0.506. The second-order valence-electron chi connectivity index (χ2n) is 12.8. The van der Waals surface area contributed by atoms with Gasteiger partial charge in [-0.05, 0) is 60.7 Å². The predicted octanol–water partition coefficient (Wildman–Crippen LogP) is 4.14. The number of aryl methyl sites for hydroxylation is 1. The Bertz CT molecular complexity index is 1910. The summed E-state index contributed by atoms with van der Waals surface area (Å²) in [6.07, 6.45) is 3.62. The number of aromatic nitrogens is 4. The number of rotatable bonds is 9. The zero-order valence-electron chi connectivity index (χ0n) is 27.1. The Morgan fingerprint density at radius 2 is 1.94 bits per heavy atom. The van der Waals surface area contributed by atoms with E-state index in [4.69, 9.17) is 21.3 Å². The van der Waals surface area contributed by atoms with Gasteiger partial charge in [0, 0.05) is 68.7 Å². The van der Waals surface area contributed by atoms with E-state index in [0.29, 0.717) is 54.9 Å². The molecule has 2 aromatic carbocycles. The van der Waals surface area contributed by atoms with Crippen LogP contribution >= 0.6 is 11.6 Å². The van der Waals surface area contributed by atoms with Crippen molar-refractivity contribution in [1.82, 2.24) is 25.1 Å². The molecule has 2 aromatic heterocycles. The Hall–Kier alpha value is -4.75. The van der Waals surface area contributed by atoms with Gasteiger partial charge < -0.3 is 25.2 Å². The number of nitrogens with zero attached hydrogens (tertiary/aromatic N) is 6. The third kappa shape index (κ3) is 6.15. The molecule has 2 fully saturated rings. The van der Waals surface area contributed by atoms with E-state index in [-0.39, 0.29) is 29.7 Å². The van der Waals surface area contributed by atoms with Gasteiger partial charge in [-0.1, -0.05) is 18.5 Å². The summed E-state index contributed by atoms with van der Waals surface area (Å²) >= 11 is 6.53. The van der Waals surface area contributed by atoms with Gasteiger partial charge in [0.25, 0.3) is 0 Å². The number of imide groups is 1. The van der Waals surface area contributed by atoms with Crippen molar-refractivity contribution in [2.45, 2.75) is 44.6 Å². The molecule has 0 bridgehead atoms. The molecule has 13 nitrogen and oxygen atoms in total. The number of hydrogen-bond acceptors (Lipinski definition) is 10. The molecule has 0 aliphatic carbocycles. The predicted molar refractivity (Wildman–Crippen MR) is 184 cm³/mol. The number of halogens is 1. The summed E-state index contributed by atoms with van der Waals surface area (Å²) in [5.41, 5.74) is 5.27. The van der Waals surface area contributed by atoms with E-state index in [1.807, 2.05) is 37.4 Å². The number of ether oxygens (including phenoxy) is 1. The lowest BCUT2D eigenvalue weighted by Gasteiger charge is -2.37. The molecule has 0 spiro atoms. The van der Waals surface area contributed by atoms with E-state index in [9.17, 15) is 14.4 Å². The van der Waals surface area contributed by atoms with Gasteiger partial charge in [-0.25, -0.2) is 4.98 Å². The molecule has 3 amide bonds. The number of carbonyl (C=O) groups is 3. The topological polar surface area (TPSA) is 147 Å². The van der Waals surface area contributed by atoms with E-state index in [0.717, 1.165) is 53.0 Å². The maximum atomic E-state index is 12.5. The number of carbonyl (C=O) groups excluding carboxylic acids is 3. The zero-order chi connectivity index (χ0) is 33.5. The van der Waals surface area contributed by atoms with E-state index >= 15 is 0 Å². The molecule has 3 atom stereocenters. The zero-order valence-corrected chi connectivity index (χ0v) is 27.9. The largest absolute Gasteiger partial charge is 0.383 e. The minimum Gasteiger partial charge on any atom is -0.383 e. The SMILES string of the molecule is COCCN1C(=O)Cc2cc(Nc3nc(N4CC[C@@H](Nc5ccc6c([C@H]7CCC(=O)NC7=O)nn(C)c6c5)[C@H](C)C4)ncc3Cl)ccc21. The van der Waals surface area contributed by atoms with Crippen molar-refractivity contribution >= 4 is 69.1 Å². The van der Waals surface area contributed by atoms with Crippen LogP contribution in [0, 0.1) is 5.92 Å². The molecular weight excluding hydrogens is 634 g/mol. The second kappa shape index (κ2) is 13.0. The highest BCUT2D eigenvalue weighted by molar-refractivity contribution is 6.33. The molecule has 3 aliphatic rings. The maximum absolute atomic E-state index is 12.5. The molecule has 3 aliphatic heterocycles. The highest BCUT2D eigenvalue weighted by Crippen LogP contribution is 2.35. The van der Waals surface area contributed by atoms with Crippen molar-refractivity contribution in [3.63, 3.8) is 0 Å². The van der Waals surface area contributed by atoms with Gasteiger partial charge in [-0.15, -0.1) is 0 Å². The molecule has 250 valence electrons. The third-order valence-electron chi connectivity index (χ3n) is 9.52. The lowest BCUT2D eigenvalue weighted by molar-refractivity contribution is -0.134. The Kier molecular flexibility index (Phi) is 8.65. The standard InChI is InChI=1S/C34H38ClN9O4/c1-19-18-43(34-36-17-25(35)32(40-34)38-21-5-8-27-20(14-21)15-30(46)44(27)12-13-48-3)11-10-26(19)37-22-4-6-23-28(16-22)42(2)41-31(23)24-7-9-29(45)39-33(24)47/h4-6,8,14,16-17,19,24,26,37H,7,9-13,15,18H2,1-3H3,(H,36,38,40)(H,39,45,47)/t19-,24-,26-/m1/s1. The van der Waals surface area contributed by atoms with Gasteiger partial charge in [0.05, 0.1) is 36.4 Å². The van der Waals surface area contributed by atoms with Crippen molar-refractivity contribution in [1.29, 1.82) is 0 Å². The monoisotopic (exact) mass is 671 g/mol. The van der Waals surface area contributed by atoms with Gasteiger partial charge in [-0.2, -0.15) is 10.1 Å². The van der Waals surface area contributed by atoms with Crippen LogP contribution in [-0.4, -0.2) is 76.9 Å². The minimum atomic E-state index is -0.434. The first kappa shape index (κ1) is 31.8. The highest BCUT2D eigenvalue weighted by atomic mass is 35.5. The van der Waals surface area contributed by atoms with Crippen LogP contribution in [0.15, 0.2) is 42.6 Å². The Balaban J connectivity index is 1.01. The molecular formula is C34H38ClN9O4. The van der Waals surface area contributed by atoms with Crippen LogP contribution in [0.3, 0.4) is 0 Å². The summed E-state index contributed by atoms with van der Waals surface area (Å²) in [4.78, 5) is 50.0. The molecule has 2 saturated heterocycles. The fourth-order valence-corrected chi connectivity index (χ4v) is 7.10. The van der Waals surface area contributed by atoms with Crippen molar-refractivity contribution in [2.24, 2.45) is 13.0 Å². The second-order valence-corrected chi connectivity index (χ2v) is 13.2. The average molecular weight is 672 g/mol. The molecule has 14 heteroatoms. The van der Waals surface area contributed by atoms with Gasteiger partial charge in [0.2, 0.25) is 23.7 Å². The highest BCUT2D eigenvalue weighted by Gasteiger charge is 2.32. The molecule has 48 heavy (non-hydrogen) atoms. The van der Waals surface area contributed by atoms with Gasteiger partial charge >= 0.3 is 0 Å². The van der Waals surface area contributed by atoms with Crippen molar-refractivity contribution < 1.29 is 19.1 Å². The fourth-order valence-electron chi connectivity index (χ4n) is 6.97. The summed E-state index contributed by atoms with van der Waals surface area (Å²) in [6, 6.07) is 12.2. The summed E-state index contributed by atoms with van der Waals surface area (Å²) < 4.78 is 6.96. The Morgan fingerprint density at radius 1 is 1.10 bits per heavy atom. The quantitative estimate of drug-likeness (QED) is 0.222. The minimum absolute atomic E-state index is 0.0602. The van der Waals surface area contributed by atoms with E-state index in [1.54, 1.807) is 22.9 Å². The van der Waals surface area contributed by atoms with Crippen LogP contribution < -0.4 is 25.8 Å². The van der Waals surface area contributed by atoms with Gasteiger partial charge in [0.1, 0.15) is 5.02 Å². The van der Waals surface area contributed by atoms with E-state index < -0.39 is 5.92 Å². The number of amides is 3. The van der Waals surface area contributed by atoms with Crippen molar-refractivity contribution in [3.8, 4) is 0 Å². The van der Waals surface area contributed by atoms with Crippen molar-refractivity contribution in [2.75, 3.05) is 53.8 Å². The first-order valence-corrected chi connectivity index (χ1v) is 16.6. The Morgan fingerprint density at radius 3 is 2.73 bits per heavy atom. The van der Waals surface area contributed by atoms with E-state index in [1.165, 1.54) is 0 Å². The smallest absolute Gasteiger partial charge is 0.235 e. The molecule has 0 radical (unpaired) electrons. The van der Waals surface area contributed by atoms with Crippen LogP contribution in [-0.2, 0) is 32.6 Å². The number of nitrogens with one attached hydrogen (secondary N) is 3. The van der Waals surface area contributed by atoms with Crippen LogP contribution in [0.1, 0.15) is 43.4 Å².